The molecule has 1 aromatic heterocycles. The summed E-state index contributed by atoms with van der Waals surface area (Å²) < 4.78 is 0.981. The summed E-state index contributed by atoms with van der Waals surface area (Å²) in [7, 11) is 0. The first-order chi connectivity index (χ1) is 11.7. The van der Waals surface area contributed by atoms with Gasteiger partial charge in [-0.3, -0.25) is 4.79 Å². The molecule has 126 valence electrons. The van der Waals surface area contributed by atoms with Crippen molar-refractivity contribution in [2.45, 2.75) is 38.6 Å². The summed E-state index contributed by atoms with van der Waals surface area (Å²) in [5.74, 6) is 0.519. The molecular weight excluding hydrogens is 368 g/mol. The van der Waals surface area contributed by atoms with Crippen molar-refractivity contribution < 1.29 is 4.79 Å². The minimum absolute atomic E-state index is 0.0376. The molecule has 1 saturated heterocycles. The number of carbonyl (C=O) groups excluding carboxylic acids is 1. The number of hydrogen-bond donors (Lipinski definition) is 1. The number of carbonyl (C=O) groups is 1. The molecule has 0 saturated carbocycles. The van der Waals surface area contributed by atoms with E-state index in [0.29, 0.717) is 17.6 Å². The number of likely N-dealkylation sites (tertiary alicyclic amines) is 1. The zero-order valence-corrected chi connectivity index (χ0v) is 15.3. The molecule has 1 unspecified atom stereocenters. The summed E-state index contributed by atoms with van der Waals surface area (Å²) in [5, 5.41) is 3.13. The van der Waals surface area contributed by atoms with Gasteiger partial charge in [0.05, 0.1) is 5.56 Å². The van der Waals surface area contributed by atoms with Gasteiger partial charge in [-0.2, -0.15) is 0 Å². The lowest BCUT2D eigenvalue weighted by molar-refractivity contribution is 0.0607. The SMILES string of the molecule is CCC1CCCCN1C(=O)c1cnc(Nc2cccc(Br)c2)nc1. The Hall–Kier alpha value is -1.95. The van der Waals surface area contributed by atoms with E-state index in [4.69, 9.17) is 0 Å². The van der Waals surface area contributed by atoms with E-state index in [9.17, 15) is 4.79 Å². The zero-order chi connectivity index (χ0) is 16.9. The van der Waals surface area contributed by atoms with Gasteiger partial charge in [0, 0.05) is 35.1 Å². The van der Waals surface area contributed by atoms with E-state index in [1.165, 1.54) is 6.42 Å². The molecule has 24 heavy (non-hydrogen) atoms. The quantitative estimate of drug-likeness (QED) is 0.843. The highest BCUT2D eigenvalue weighted by Gasteiger charge is 2.26. The largest absolute Gasteiger partial charge is 0.336 e. The van der Waals surface area contributed by atoms with Gasteiger partial charge >= 0.3 is 0 Å². The third-order valence-corrected chi connectivity index (χ3v) is 4.83. The minimum Gasteiger partial charge on any atom is -0.336 e. The van der Waals surface area contributed by atoms with Crippen molar-refractivity contribution in [3.8, 4) is 0 Å². The van der Waals surface area contributed by atoms with Crippen LogP contribution in [0, 0.1) is 0 Å². The van der Waals surface area contributed by atoms with Gasteiger partial charge < -0.3 is 10.2 Å². The molecule has 2 aromatic rings. The average Bonchev–Trinajstić information content (AvgIpc) is 2.62. The first kappa shape index (κ1) is 16.9. The van der Waals surface area contributed by atoms with E-state index in [1.54, 1.807) is 12.4 Å². The molecule has 1 aliphatic rings. The normalized spacial score (nSPS) is 17.6. The zero-order valence-electron chi connectivity index (χ0n) is 13.7. The van der Waals surface area contributed by atoms with Gasteiger partial charge in [0.1, 0.15) is 0 Å². The van der Waals surface area contributed by atoms with Crippen LogP contribution in [0.5, 0.6) is 0 Å². The molecule has 0 radical (unpaired) electrons. The van der Waals surface area contributed by atoms with Crippen LogP contribution in [0.25, 0.3) is 0 Å². The number of amides is 1. The summed E-state index contributed by atoms with van der Waals surface area (Å²) in [4.78, 5) is 23.2. The second-order valence-corrected chi connectivity index (χ2v) is 6.90. The van der Waals surface area contributed by atoms with Gasteiger partial charge in [0.25, 0.3) is 5.91 Å². The van der Waals surface area contributed by atoms with E-state index < -0.39 is 0 Å². The van der Waals surface area contributed by atoms with Crippen LogP contribution in [0.1, 0.15) is 43.0 Å². The van der Waals surface area contributed by atoms with Crippen molar-refractivity contribution in [1.82, 2.24) is 14.9 Å². The fourth-order valence-corrected chi connectivity index (χ4v) is 3.46. The van der Waals surface area contributed by atoms with Crippen molar-refractivity contribution >= 4 is 33.5 Å². The van der Waals surface area contributed by atoms with Gasteiger partial charge in [-0.15, -0.1) is 0 Å². The standard InChI is InChI=1S/C18H21BrN4O/c1-2-16-8-3-4-9-23(16)17(24)13-11-20-18(21-12-13)22-15-7-5-6-14(19)10-15/h5-7,10-12,16H,2-4,8-9H2,1H3,(H,20,21,22). The average molecular weight is 389 g/mol. The molecule has 1 aliphatic heterocycles. The number of nitrogens with zero attached hydrogens (tertiary/aromatic N) is 3. The highest BCUT2D eigenvalue weighted by molar-refractivity contribution is 9.10. The molecule has 1 atom stereocenters. The van der Waals surface area contributed by atoms with Crippen LogP contribution in [-0.4, -0.2) is 33.4 Å². The molecule has 1 amide bonds. The highest BCUT2D eigenvalue weighted by Crippen LogP contribution is 2.22. The number of nitrogens with one attached hydrogen (secondary N) is 1. The molecular formula is C18H21BrN4O. The van der Waals surface area contributed by atoms with E-state index >= 15 is 0 Å². The number of anilines is 2. The third-order valence-electron chi connectivity index (χ3n) is 4.34. The second kappa shape index (κ2) is 7.75. The lowest BCUT2D eigenvalue weighted by Gasteiger charge is -2.35. The molecule has 1 fully saturated rings. The Morgan fingerprint density at radius 3 is 2.83 bits per heavy atom. The van der Waals surface area contributed by atoms with Gasteiger partial charge in [-0.25, -0.2) is 9.97 Å². The Balaban J connectivity index is 1.70. The van der Waals surface area contributed by atoms with E-state index in [0.717, 1.165) is 36.0 Å². The van der Waals surface area contributed by atoms with Crippen LogP contribution >= 0.6 is 15.9 Å². The van der Waals surface area contributed by atoms with Gasteiger partial charge in [0.2, 0.25) is 5.95 Å². The molecule has 0 bridgehead atoms. The van der Waals surface area contributed by atoms with E-state index in [1.807, 2.05) is 29.2 Å². The Morgan fingerprint density at radius 2 is 2.12 bits per heavy atom. The first-order valence-corrected chi connectivity index (χ1v) is 9.12. The van der Waals surface area contributed by atoms with Crippen molar-refractivity contribution in [1.29, 1.82) is 0 Å². The summed E-state index contributed by atoms with van der Waals surface area (Å²) in [6, 6.07) is 8.11. The number of rotatable bonds is 4. The van der Waals surface area contributed by atoms with E-state index in [-0.39, 0.29) is 5.91 Å². The number of halogens is 1. The Bertz CT molecular complexity index is 704. The molecule has 0 spiro atoms. The summed E-state index contributed by atoms with van der Waals surface area (Å²) >= 11 is 3.43. The Kier molecular flexibility index (Phi) is 5.45. The van der Waals surface area contributed by atoms with Crippen LogP contribution in [0.3, 0.4) is 0 Å². The number of hydrogen-bond acceptors (Lipinski definition) is 4. The van der Waals surface area contributed by atoms with Crippen molar-refractivity contribution in [3.63, 3.8) is 0 Å². The summed E-state index contributed by atoms with van der Waals surface area (Å²) in [6.07, 6.45) is 7.58. The van der Waals surface area contributed by atoms with Crippen LogP contribution in [0.4, 0.5) is 11.6 Å². The van der Waals surface area contributed by atoms with Crippen LogP contribution in [-0.2, 0) is 0 Å². The molecule has 0 aliphatic carbocycles. The molecule has 1 aromatic carbocycles. The Labute approximate surface area is 150 Å². The van der Waals surface area contributed by atoms with Gasteiger partial charge in [0.15, 0.2) is 0 Å². The molecule has 3 rings (SSSR count). The number of benzene rings is 1. The topological polar surface area (TPSA) is 58.1 Å². The predicted molar refractivity (Wildman–Crippen MR) is 98.4 cm³/mol. The van der Waals surface area contributed by atoms with Crippen LogP contribution < -0.4 is 5.32 Å². The number of piperidine rings is 1. The molecule has 1 N–H and O–H groups in total. The molecule has 2 heterocycles. The smallest absolute Gasteiger partial charge is 0.257 e. The maximum atomic E-state index is 12.7. The predicted octanol–water partition coefficient (Wildman–Crippen LogP) is 4.39. The van der Waals surface area contributed by atoms with Gasteiger partial charge in [-0.05, 0) is 43.9 Å². The van der Waals surface area contributed by atoms with Gasteiger partial charge in [-0.1, -0.05) is 28.9 Å². The Morgan fingerprint density at radius 1 is 1.33 bits per heavy atom. The summed E-state index contributed by atoms with van der Waals surface area (Å²) in [5.41, 5.74) is 1.45. The lowest BCUT2D eigenvalue weighted by Crippen LogP contribution is -2.43. The van der Waals surface area contributed by atoms with Crippen molar-refractivity contribution in [2.75, 3.05) is 11.9 Å². The highest BCUT2D eigenvalue weighted by atomic mass is 79.9. The summed E-state index contributed by atoms with van der Waals surface area (Å²) in [6.45, 7) is 2.97. The fourth-order valence-electron chi connectivity index (χ4n) is 3.06. The van der Waals surface area contributed by atoms with Crippen LogP contribution in [0.15, 0.2) is 41.1 Å². The lowest BCUT2D eigenvalue weighted by atomic mass is 9.99. The monoisotopic (exact) mass is 388 g/mol. The maximum Gasteiger partial charge on any atom is 0.257 e. The maximum absolute atomic E-state index is 12.7. The second-order valence-electron chi connectivity index (χ2n) is 5.99. The first-order valence-electron chi connectivity index (χ1n) is 8.33. The fraction of sp³-hybridized carbons (Fsp3) is 0.389. The minimum atomic E-state index is 0.0376. The third kappa shape index (κ3) is 3.93. The van der Waals surface area contributed by atoms with Crippen molar-refractivity contribution in [3.05, 3.63) is 46.7 Å². The molecule has 6 heteroatoms. The van der Waals surface area contributed by atoms with E-state index in [2.05, 4.69) is 38.1 Å². The molecule has 5 nitrogen and oxygen atoms in total. The van der Waals surface area contributed by atoms with Crippen molar-refractivity contribution in [2.24, 2.45) is 0 Å². The number of aromatic nitrogens is 2. The van der Waals surface area contributed by atoms with Crippen LogP contribution in [0.2, 0.25) is 0 Å².